The van der Waals surface area contributed by atoms with Crippen molar-refractivity contribution in [2.45, 2.75) is 27.7 Å². The average Bonchev–Trinajstić information content (AvgIpc) is 2.63. The third-order valence-corrected chi connectivity index (χ3v) is 4.32. The van der Waals surface area contributed by atoms with E-state index in [1.807, 2.05) is 27.7 Å². The molecule has 0 aromatic carbocycles. The van der Waals surface area contributed by atoms with Gasteiger partial charge in [0.2, 0.25) is 0 Å². The first-order chi connectivity index (χ1) is 10.8. The zero-order chi connectivity index (χ0) is 17.9. The van der Waals surface area contributed by atoms with Gasteiger partial charge in [0.1, 0.15) is 0 Å². The summed E-state index contributed by atoms with van der Waals surface area (Å²) in [5.41, 5.74) is 0. The molecule has 0 aliphatic carbocycles. The van der Waals surface area contributed by atoms with Crippen molar-refractivity contribution >= 4 is 51.1 Å². The molecule has 0 saturated carbocycles. The predicted molar refractivity (Wildman–Crippen MR) is 102 cm³/mol. The normalized spacial score (nSPS) is 8.35. The Morgan fingerprint density at radius 3 is 0.652 bits per heavy atom. The van der Waals surface area contributed by atoms with Gasteiger partial charge in [0.15, 0.2) is 51.1 Å². The molecule has 2 heterocycles. The van der Waals surface area contributed by atoms with Crippen LogP contribution in [0.4, 0.5) is 0 Å². The van der Waals surface area contributed by atoms with Crippen molar-refractivity contribution in [1.82, 2.24) is 27.1 Å². The van der Waals surface area contributed by atoms with Crippen LogP contribution in [-0.4, -0.2) is 41.3 Å². The molecule has 130 valence electrons. The second-order valence-corrected chi connectivity index (χ2v) is 7.02. The molecule has 0 unspecified atom stereocenters. The number of ether oxygens (including phenoxy) is 2. The van der Waals surface area contributed by atoms with Gasteiger partial charge in [-0.2, -0.15) is 27.1 Å². The molecular formula is C8H22N6O2P6Rf-2. The molecule has 2 aromatic rings. The Labute approximate surface area is 144 Å². The molecule has 2 aromatic heterocycles. The van der Waals surface area contributed by atoms with E-state index < -0.39 is 0 Å². The summed E-state index contributed by atoms with van der Waals surface area (Å²) in [6, 6.07) is 0. The quantitative estimate of drug-likeness (QED) is 0.306. The molecule has 23 heavy (non-hydrogen) atoms. The van der Waals surface area contributed by atoms with E-state index in [2.05, 4.69) is 50.7 Å². The van der Waals surface area contributed by atoms with Gasteiger partial charge >= 0.3 is 0 Å². The minimum Gasteiger partial charge on any atom is -0.557 e. The molecule has 0 bridgehead atoms. The Hall–Kier alpha value is -0.480. The average molecular weight is 687 g/mol. The summed E-state index contributed by atoms with van der Waals surface area (Å²) in [4.78, 5) is 0. The second kappa shape index (κ2) is 49.6. The van der Waals surface area contributed by atoms with Crippen LogP contribution in [0.25, 0.3) is 0 Å². The Bertz CT molecular complexity index is 246. The topological polar surface area (TPSA) is 95.8 Å². The van der Waals surface area contributed by atoms with Crippen molar-refractivity contribution in [2.24, 2.45) is 0 Å². The minimum absolute atomic E-state index is 0. The van der Waals surface area contributed by atoms with Gasteiger partial charge in [-0.15, -0.1) is 0 Å². The SMILES string of the molecule is CC.CC.[CH2-]OC.[CH2-]OC.[Rf].n1pnpnp1.n1pnpnp1. The summed E-state index contributed by atoms with van der Waals surface area (Å²) in [6.45, 7) is 8.00. The van der Waals surface area contributed by atoms with E-state index in [4.69, 9.17) is 0 Å². The van der Waals surface area contributed by atoms with Gasteiger partial charge in [0, 0.05) is 0 Å². The van der Waals surface area contributed by atoms with E-state index in [0.29, 0.717) is 0 Å². The van der Waals surface area contributed by atoms with Crippen LogP contribution >= 0.6 is 51.1 Å². The molecule has 15 heteroatoms. The van der Waals surface area contributed by atoms with E-state index in [1.165, 1.54) is 14.2 Å². The molecule has 0 radical (unpaired) electrons. The van der Waals surface area contributed by atoms with Crippen molar-refractivity contribution in [3.8, 4) is 0 Å². The summed E-state index contributed by atoms with van der Waals surface area (Å²) in [7, 11) is 14.0. The monoisotopic (exact) mass is 687 g/mol. The first-order valence-corrected chi connectivity index (χ1v) is 10.6. The van der Waals surface area contributed by atoms with Crippen molar-refractivity contribution < 1.29 is 9.47 Å². The summed E-state index contributed by atoms with van der Waals surface area (Å²) in [6.07, 6.45) is 0. The molecule has 0 amide bonds. The van der Waals surface area contributed by atoms with E-state index in [-0.39, 0.29) is 0 Å². The van der Waals surface area contributed by atoms with E-state index in [9.17, 15) is 0 Å². The Morgan fingerprint density at radius 2 is 0.609 bits per heavy atom. The van der Waals surface area contributed by atoms with Crippen LogP contribution in [0.1, 0.15) is 27.7 Å². The molecule has 2 rings (SSSR count). The van der Waals surface area contributed by atoms with Crippen molar-refractivity contribution in [1.29, 1.82) is 0 Å². The molecular weight excluding hydrogens is 665 g/mol. The van der Waals surface area contributed by atoms with Crippen molar-refractivity contribution in [3.63, 3.8) is 0 Å². The Morgan fingerprint density at radius 1 is 0.522 bits per heavy atom. The molecule has 0 aliphatic rings. The van der Waals surface area contributed by atoms with Crippen molar-refractivity contribution in [2.75, 3.05) is 14.2 Å². The van der Waals surface area contributed by atoms with Gasteiger partial charge in [-0.1, -0.05) is 27.7 Å². The summed E-state index contributed by atoms with van der Waals surface area (Å²) in [5.74, 6) is 0. The zero-order valence-electron chi connectivity index (χ0n) is 14.3. The van der Waals surface area contributed by atoms with Gasteiger partial charge < -0.3 is 9.47 Å². The first kappa shape index (κ1) is 34.0. The standard InChI is InChI=1S/2C2H5O.2C2H6.2N3P3.Rf/c2*1-3-2;2*1-2;2*1-4-2-6-3-5-1;/h2*1H2,2H3;2*1-2H3;;;/q2*-1;;;;;. The maximum absolute atomic E-state index is 4.00. The maximum Gasteiger partial charge on any atom is 0.166 e. The Balaban J connectivity index is -0.0000000601. The van der Waals surface area contributed by atoms with Gasteiger partial charge in [-0.25, -0.2) is 14.2 Å². The summed E-state index contributed by atoms with van der Waals surface area (Å²) in [5, 5.41) is 0. The van der Waals surface area contributed by atoms with Crippen molar-refractivity contribution in [3.05, 3.63) is 14.2 Å². The molecule has 0 aliphatic heterocycles. The number of rotatable bonds is 0. The second-order valence-electron chi connectivity index (χ2n) is 1.65. The summed E-state index contributed by atoms with van der Waals surface area (Å²) < 4.78 is 30.7. The number of hydrogen-bond acceptors (Lipinski definition) is 8. The fraction of sp³-hybridized carbons (Fsp3) is 0.750. The minimum atomic E-state index is 0. The van der Waals surface area contributed by atoms with Gasteiger partial charge in [0.05, 0.1) is 0 Å². The number of nitrogens with zero attached hydrogens (tertiary/aromatic N) is 6. The predicted octanol–water partition coefficient (Wildman–Crippen LogP) is 6.12. The van der Waals surface area contributed by atoms with Crippen LogP contribution in [0.15, 0.2) is 0 Å². The smallest absolute Gasteiger partial charge is 0.166 e. The third-order valence-electron chi connectivity index (χ3n) is 0.480. The van der Waals surface area contributed by atoms with Crippen LogP contribution in [0, 0.1) is 14.2 Å². The van der Waals surface area contributed by atoms with Gasteiger partial charge in [-0.3, -0.25) is 0 Å². The number of hydrogen-bond donors (Lipinski definition) is 0. The van der Waals surface area contributed by atoms with E-state index in [0.717, 1.165) is 51.1 Å². The third kappa shape index (κ3) is 61.8. The van der Waals surface area contributed by atoms with E-state index >= 15 is 0 Å². The van der Waals surface area contributed by atoms with Gasteiger partial charge in [0.25, 0.3) is 0 Å². The van der Waals surface area contributed by atoms with Gasteiger partial charge in [-0.05, 0) is 14.2 Å². The molecule has 8 nitrogen and oxygen atoms in total. The van der Waals surface area contributed by atoms with Crippen LogP contribution in [0.2, 0.25) is 0 Å². The van der Waals surface area contributed by atoms with E-state index in [1.54, 1.807) is 0 Å². The molecule has 0 spiro atoms. The molecule has 0 fully saturated rings. The zero-order valence-corrected chi connectivity index (χ0v) is 26.1. The van der Waals surface area contributed by atoms with Crippen LogP contribution in [-0.2, 0) is 9.47 Å². The number of aromatic nitrogens is 6. The molecule has 0 atom stereocenters. The molecule has 0 saturated heterocycles. The van der Waals surface area contributed by atoms with Crippen LogP contribution < -0.4 is 0 Å². The first-order valence-electron chi connectivity index (χ1n) is 5.79. The largest absolute Gasteiger partial charge is 0.557 e. The Kier molecular flexibility index (Phi) is 73.2. The maximum atomic E-state index is 4.00. The fourth-order valence-electron chi connectivity index (χ4n) is 0.215. The molecule has 0 N–H and O–H groups in total. The van der Waals surface area contributed by atoms with Crippen LogP contribution in [0.3, 0.4) is 0 Å². The summed E-state index contributed by atoms with van der Waals surface area (Å²) >= 11 is 0. The number of methoxy groups -OCH3 is 2. The fourth-order valence-corrected chi connectivity index (χ4v) is 3.86. The van der Waals surface area contributed by atoms with Crippen LogP contribution in [0.5, 0.6) is 0 Å².